The molecule has 0 aromatic heterocycles. The molecule has 0 saturated heterocycles. The molecule has 0 radical (unpaired) electrons. The maximum absolute atomic E-state index is 11.4. The predicted molar refractivity (Wildman–Crippen MR) is 91.6 cm³/mol. The van der Waals surface area contributed by atoms with Gasteiger partial charge in [0.1, 0.15) is 0 Å². The van der Waals surface area contributed by atoms with Crippen LogP contribution in [0.15, 0.2) is 35.8 Å². The molecule has 0 amide bonds. The molecular weight excluding hydrogens is 292 g/mol. The number of rotatable bonds is 8. The molecule has 3 atom stereocenters. The zero-order valence-corrected chi connectivity index (χ0v) is 15.1. The van der Waals surface area contributed by atoms with Crippen molar-refractivity contribution in [2.24, 2.45) is 17.8 Å². The summed E-state index contributed by atoms with van der Waals surface area (Å²) < 4.78 is 15.8. The van der Waals surface area contributed by atoms with E-state index < -0.39 is 0 Å². The lowest BCUT2D eigenvalue weighted by molar-refractivity contribution is -0.144. The Morgan fingerprint density at radius 2 is 2.13 bits per heavy atom. The Balaban J connectivity index is 2.96. The smallest absolute Gasteiger partial charge is 0.343 e. The molecule has 4 nitrogen and oxygen atoms in total. The maximum Gasteiger partial charge on any atom is 0.343 e. The normalized spacial score (nSPS) is 22.8. The third-order valence-electron chi connectivity index (χ3n) is 4.48. The fourth-order valence-corrected chi connectivity index (χ4v) is 3.09. The van der Waals surface area contributed by atoms with Crippen molar-refractivity contribution in [3.63, 3.8) is 0 Å². The molecule has 1 aliphatic rings. The molecule has 0 heterocycles. The highest BCUT2D eigenvalue weighted by molar-refractivity contribution is 5.70. The van der Waals surface area contributed by atoms with E-state index in [4.69, 9.17) is 9.47 Å². The molecule has 0 saturated carbocycles. The highest BCUT2D eigenvalue weighted by atomic mass is 16.6. The predicted octanol–water partition coefficient (Wildman–Crippen LogP) is 4.24. The second kappa shape index (κ2) is 9.43. The van der Waals surface area contributed by atoms with Crippen LogP contribution in [-0.4, -0.2) is 26.8 Å². The van der Waals surface area contributed by atoms with Crippen molar-refractivity contribution in [3.8, 4) is 0 Å². The molecule has 1 rings (SSSR count). The highest BCUT2D eigenvalue weighted by Crippen LogP contribution is 2.40. The minimum atomic E-state index is -0.368. The summed E-state index contributed by atoms with van der Waals surface area (Å²) >= 11 is 0. The van der Waals surface area contributed by atoms with Gasteiger partial charge in [-0.3, -0.25) is 0 Å². The van der Waals surface area contributed by atoms with Crippen molar-refractivity contribution in [3.05, 3.63) is 35.8 Å². The first-order chi connectivity index (χ1) is 10.9. The van der Waals surface area contributed by atoms with Crippen molar-refractivity contribution < 1.29 is 19.0 Å². The van der Waals surface area contributed by atoms with E-state index in [1.807, 2.05) is 6.08 Å². The fourth-order valence-electron chi connectivity index (χ4n) is 3.09. The fraction of sp³-hybridized carbons (Fsp3) is 0.632. The van der Waals surface area contributed by atoms with E-state index in [1.54, 1.807) is 7.11 Å². The Bertz CT molecular complexity index is 476. The van der Waals surface area contributed by atoms with Crippen molar-refractivity contribution >= 4 is 5.97 Å². The van der Waals surface area contributed by atoms with Crippen LogP contribution in [0.5, 0.6) is 0 Å². The van der Waals surface area contributed by atoms with Crippen LogP contribution in [-0.2, 0) is 19.0 Å². The molecule has 0 aliphatic heterocycles. The molecule has 0 aromatic carbocycles. The summed E-state index contributed by atoms with van der Waals surface area (Å²) in [5.41, 5.74) is 1.38. The van der Waals surface area contributed by atoms with Gasteiger partial charge in [-0.25, -0.2) is 4.79 Å². The van der Waals surface area contributed by atoms with E-state index in [1.165, 1.54) is 12.7 Å². The maximum atomic E-state index is 11.4. The van der Waals surface area contributed by atoms with Gasteiger partial charge in [-0.05, 0) is 38.2 Å². The van der Waals surface area contributed by atoms with Crippen LogP contribution < -0.4 is 0 Å². The van der Waals surface area contributed by atoms with Gasteiger partial charge in [0.2, 0.25) is 0 Å². The third kappa shape index (κ3) is 5.45. The van der Waals surface area contributed by atoms with E-state index in [0.29, 0.717) is 0 Å². The molecule has 1 unspecified atom stereocenters. The number of hydrogen-bond acceptors (Lipinski definition) is 4. The highest BCUT2D eigenvalue weighted by Gasteiger charge is 2.33. The van der Waals surface area contributed by atoms with Crippen molar-refractivity contribution in [1.29, 1.82) is 0 Å². The zero-order valence-electron chi connectivity index (χ0n) is 15.1. The standard InChI is InChI=1S/C19H30O4/c1-7-8-18(23-12-19(20)22-6)14(3)17-11-13(2)9-10-16(17)15(4)21-5/h8,11,14,16-17H,4,7,9-10,12H2,1-3,5-6H3/b18-8+/t14-,16-,17?/m0/s1. The quantitative estimate of drug-likeness (QED) is 0.381. The van der Waals surface area contributed by atoms with Gasteiger partial charge in [-0.2, -0.15) is 0 Å². The molecule has 0 spiro atoms. The van der Waals surface area contributed by atoms with Gasteiger partial charge >= 0.3 is 5.97 Å². The molecule has 0 aromatic rings. The molecule has 4 heteroatoms. The number of esters is 1. The van der Waals surface area contributed by atoms with E-state index >= 15 is 0 Å². The van der Waals surface area contributed by atoms with Crippen LogP contribution in [0.4, 0.5) is 0 Å². The number of carbonyl (C=O) groups excluding carboxylic acids is 1. The van der Waals surface area contributed by atoms with Crippen molar-refractivity contribution in [2.75, 3.05) is 20.8 Å². The largest absolute Gasteiger partial charge is 0.501 e. The lowest BCUT2D eigenvalue weighted by Crippen LogP contribution is -2.28. The molecule has 0 fully saturated rings. The van der Waals surface area contributed by atoms with Crippen LogP contribution in [0, 0.1) is 17.8 Å². The van der Waals surface area contributed by atoms with Gasteiger partial charge in [-0.15, -0.1) is 0 Å². The van der Waals surface area contributed by atoms with Crippen LogP contribution in [0.25, 0.3) is 0 Å². The Morgan fingerprint density at radius 3 is 2.70 bits per heavy atom. The molecular formula is C19H30O4. The molecule has 1 aliphatic carbocycles. The summed E-state index contributed by atoms with van der Waals surface area (Å²) in [6.07, 6.45) is 7.28. The number of carbonyl (C=O) groups is 1. The average molecular weight is 322 g/mol. The van der Waals surface area contributed by atoms with Gasteiger partial charge in [0.25, 0.3) is 0 Å². The van der Waals surface area contributed by atoms with E-state index in [2.05, 4.69) is 38.2 Å². The van der Waals surface area contributed by atoms with E-state index in [0.717, 1.165) is 30.8 Å². The molecule has 23 heavy (non-hydrogen) atoms. The Hall–Kier alpha value is -1.71. The van der Waals surface area contributed by atoms with Gasteiger partial charge in [0, 0.05) is 11.8 Å². The summed E-state index contributed by atoms with van der Waals surface area (Å²) in [5, 5.41) is 0. The first kappa shape index (κ1) is 19.3. The van der Waals surface area contributed by atoms with Crippen molar-refractivity contribution in [2.45, 2.75) is 40.0 Å². The lowest BCUT2D eigenvalue weighted by Gasteiger charge is -2.35. The number of allylic oxidation sites excluding steroid dienone is 5. The van der Waals surface area contributed by atoms with Gasteiger partial charge in [-0.1, -0.05) is 32.1 Å². The number of ether oxygens (including phenoxy) is 3. The second-order valence-electron chi connectivity index (χ2n) is 6.07. The number of hydrogen-bond donors (Lipinski definition) is 0. The molecule has 130 valence electrons. The van der Waals surface area contributed by atoms with Gasteiger partial charge in [0.15, 0.2) is 6.61 Å². The SMILES string of the molecule is C=C(OC)[C@@H]1CCC(C)=CC1[C@H](C)/C(=C\CC)OCC(=O)OC. The molecule has 0 bridgehead atoms. The number of methoxy groups -OCH3 is 2. The molecule has 0 N–H and O–H groups in total. The minimum Gasteiger partial charge on any atom is -0.501 e. The van der Waals surface area contributed by atoms with Crippen LogP contribution in [0.3, 0.4) is 0 Å². The summed E-state index contributed by atoms with van der Waals surface area (Å²) in [6, 6.07) is 0. The summed E-state index contributed by atoms with van der Waals surface area (Å²) in [6.45, 7) is 10.4. The minimum absolute atomic E-state index is 0.0576. The Kier molecular flexibility index (Phi) is 7.93. The van der Waals surface area contributed by atoms with E-state index in [-0.39, 0.29) is 30.3 Å². The third-order valence-corrected chi connectivity index (χ3v) is 4.48. The monoisotopic (exact) mass is 322 g/mol. The van der Waals surface area contributed by atoms with E-state index in [9.17, 15) is 4.79 Å². The lowest BCUT2D eigenvalue weighted by atomic mass is 9.73. The summed E-state index contributed by atoms with van der Waals surface area (Å²) in [4.78, 5) is 11.4. The Morgan fingerprint density at radius 1 is 1.43 bits per heavy atom. The average Bonchev–Trinajstić information content (AvgIpc) is 2.56. The first-order valence-electron chi connectivity index (χ1n) is 8.24. The summed E-state index contributed by atoms with van der Waals surface area (Å²) in [5.74, 6) is 1.95. The van der Waals surface area contributed by atoms with Gasteiger partial charge in [0.05, 0.1) is 25.7 Å². The first-order valence-corrected chi connectivity index (χ1v) is 8.24. The zero-order chi connectivity index (χ0) is 17.4. The second-order valence-corrected chi connectivity index (χ2v) is 6.07. The van der Waals surface area contributed by atoms with Crippen LogP contribution >= 0.6 is 0 Å². The topological polar surface area (TPSA) is 44.8 Å². The summed E-state index contributed by atoms with van der Waals surface area (Å²) in [7, 11) is 3.04. The van der Waals surface area contributed by atoms with Crippen LogP contribution in [0.1, 0.15) is 40.0 Å². The van der Waals surface area contributed by atoms with Crippen molar-refractivity contribution in [1.82, 2.24) is 0 Å². The van der Waals surface area contributed by atoms with Gasteiger partial charge < -0.3 is 14.2 Å². The Labute approximate surface area is 140 Å². The van der Waals surface area contributed by atoms with Crippen LogP contribution in [0.2, 0.25) is 0 Å².